The van der Waals surface area contributed by atoms with Crippen LogP contribution in [0.4, 0.5) is 5.69 Å². The summed E-state index contributed by atoms with van der Waals surface area (Å²) in [5, 5.41) is 0. The van der Waals surface area contributed by atoms with Gasteiger partial charge in [0.25, 0.3) is 0 Å². The quantitative estimate of drug-likeness (QED) is 0.695. The number of anilines is 1. The smallest absolute Gasteiger partial charge is 0.309 e. The molecule has 1 atom stereocenters. The van der Waals surface area contributed by atoms with Crippen molar-refractivity contribution in [1.29, 1.82) is 0 Å². The van der Waals surface area contributed by atoms with Crippen LogP contribution < -0.4 is 19.1 Å². The lowest BCUT2D eigenvalue weighted by Gasteiger charge is -2.36. The summed E-state index contributed by atoms with van der Waals surface area (Å²) < 4.78 is 21.8. The van der Waals surface area contributed by atoms with Gasteiger partial charge in [0.2, 0.25) is 0 Å². The number of hydrogen-bond acceptors (Lipinski definition) is 6. The van der Waals surface area contributed by atoms with E-state index in [2.05, 4.69) is 4.90 Å². The van der Waals surface area contributed by atoms with E-state index in [1.54, 1.807) is 21.1 Å². The van der Waals surface area contributed by atoms with Crippen LogP contribution >= 0.6 is 0 Å². The Hall–Kier alpha value is -2.89. The zero-order valence-electron chi connectivity index (χ0n) is 15.9. The Morgan fingerprint density at radius 1 is 1.15 bits per heavy atom. The fraction of sp³-hybridized carbons (Fsp3) is 0.381. The second-order valence-electron chi connectivity index (χ2n) is 6.29. The van der Waals surface area contributed by atoms with Gasteiger partial charge >= 0.3 is 5.97 Å². The van der Waals surface area contributed by atoms with Gasteiger partial charge < -0.3 is 23.8 Å². The van der Waals surface area contributed by atoms with E-state index in [0.717, 1.165) is 17.0 Å². The van der Waals surface area contributed by atoms with Gasteiger partial charge in [-0.3, -0.25) is 4.79 Å². The van der Waals surface area contributed by atoms with Gasteiger partial charge in [-0.15, -0.1) is 0 Å². The Balaban J connectivity index is 1.81. The van der Waals surface area contributed by atoms with Crippen LogP contribution in [0.25, 0.3) is 0 Å². The van der Waals surface area contributed by atoms with Gasteiger partial charge in [0.15, 0.2) is 11.5 Å². The molecule has 27 heavy (non-hydrogen) atoms. The van der Waals surface area contributed by atoms with E-state index in [-0.39, 0.29) is 18.5 Å². The Morgan fingerprint density at radius 3 is 2.67 bits per heavy atom. The normalized spacial score (nSPS) is 15.5. The van der Waals surface area contributed by atoms with Gasteiger partial charge in [-0.25, -0.2) is 0 Å². The number of nitrogens with zero attached hydrogens (tertiary/aromatic N) is 1. The Kier molecular flexibility index (Phi) is 6.06. The first kappa shape index (κ1) is 18.9. The summed E-state index contributed by atoms with van der Waals surface area (Å²) in [6.45, 7) is 3.44. The highest BCUT2D eigenvalue weighted by atomic mass is 16.5. The lowest BCUT2D eigenvalue weighted by atomic mass is 10.1. The zero-order chi connectivity index (χ0) is 19.2. The number of methoxy groups -OCH3 is 2. The van der Waals surface area contributed by atoms with Crippen molar-refractivity contribution in [1.82, 2.24) is 0 Å². The third-order valence-electron chi connectivity index (χ3n) is 4.44. The van der Waals surface area contributed by atoms with Crippen LogP contribution in [0.5, 0.6) is 17.2 Å². The standard InChI is InChI=1S/C21H25NO5/c1-4-26-21(23)12-16-14-22(17-7-5-6-8-18(17)27-16)13-15-9-10-19(24-2)20(11-15)25-3/h5-11,16H,4,12-14H2,1-3H3. The summed E-state index contributed by atoms with van der Waals surface area (Å²) >= 11 is 0. The first-order valence-corrected chi connectivity index (χ1v) is 9.01. The van der Waals surface area contributed by atoms with Crippen molar-refractivity contribution in [2.24, 2.45) is 0 Å². The number of para-hydroxylation sites is 2. The topological polar surface area (TPSA) is 57.2 Å². The summed E-state index contributed by atoms with van der Waals surface area (Å²) in [7, 11) is 3.25. The molecule has 0 bridgehead atoms. The fourth-order valence-electron chi connectivity index (χ4n) is 3.24. The lowest BCUT2D eigenvalue weighted by Crippen LogP contribution is -2.41. The molecule has 3 rings (SSSR count). The number of ether oxygens (including phenoxy) is 4. The minimum Gasteiger partial charge on any atom is -0.493 e. The summed E-state index contributed by atoms with van der Waals surface area (Å²) in [6.07, 6.45) is -0.0240. The van der Waals surface area contributed by atoms with Crippen LogP contribution in [0.2, 0.25) is 0 Å². The monoisotopic (exact) mass is 371 g/mol. The highest BCUT2D eigenvalue weighted by Crippen LogP contribution is 2.36. The van der Waals surface area contributed by atoms with Crippen LogP contribution in [0.3, 0.4) is 0 Å². The van der Waals surface area contributed by atoms with Crippen LogP contribution in [-0.2, 0) is 16.1 Å². The van der Waals surface area contributed by atoms with E-state index < -0.39 is 0 Å². The first-order valence-electron chi connectivity index (χ1n) is 9.01. The van der Waals surface area contributed by atoms with E-state index in [4.69, 9.17) is 18.9 Å². The van der Waals surface area contributed by atoms with Gasteiger partial charge in [0, 0.05) is 6.54 Å². The Morgan fingerprint density at radius 2 is 1.93 bits per heavy atom. The van der Waals surface area contributed by atoms with Crippen molar-refractivity contribution in [3.05, 3.63) is 48.0 Å². The molecule has 0 aromatic heterocycles. The SMILES string of the molecule is CCOC(=O)CC1CN(Cc2ccc(OC)c(OC)c2)c2ccccc2O1. The minimum atomic E-state index is -0.251. The van der Waals surface area contributed by atoms with E-state index in [1.165, 1.54) is 0 Å². The lowest BCUT2D eigenvalue weighted by molar-refractivity contribution is -0.144. The average Bonchev–Trinajstić information content (AvgIpc) is 2.68. The molecule has 0 N–H and O–H groups in total. The van der Waals surface area contributed by atoms with Crippen molar-refractivity contribution < 1.29 is 23.7 Å². The maximum atomic E-state index is 11.9. The molecule has 1 heterocycles. The molecule has 0 saturated heterocycles. The predicted molar refractivity (Wildman–Crippen MR) is 103 cm³/mol. The van der Waals surface area contributed by atoms with Crippen LogP contribution in [-0.4, -0.2) is 39.4 Å². The second kappa shape index (κ2) is 8.66. The Labute approximate surface area is 159 Å². The maximum absolute atomic E-state index is 11.9. The summed E-state index contributed by atoms with van der Waals surface area (Å²) in [6, 6.07) is 13.7. The largest absolute Gasteiger partial charge is 0.493 e. The van der Waals surface area contributed by atoms with E-state index in [1.807, 2.05) is 42.5 Å². The molecule has 6 nitrogen and oxygen atoms in total. The van der Waals surface area contributed by atoms with Gasteiger partial charge in [-0.1, -0.05) is 18.2 Å². The van der Waals surface area contributed by atoms with Crippen molar-refractivity contribution in [3.63, 3.8) is 0 Å². The van der Waals surface area contributed by atoms with Crippen molar-refractivity contribution in [2.75, 3.05) is 32.3 Å². The van der Waals surface area contributed by atoms with Crippen LogP contribution in [0, 0.1) is 0 Å². The zero-order valence-corrected chi connectivity index (χ0v) is 15.9. The number of carbonyl (C=O) groups excluding carboxylic acids is 1. The number of fused-ring (bicyclic) bond motifs is 1. The maximum Gasteiger partial charge on any atom is 0.309 e. The van der Waals surface area contributed by atoms with Gasteiger partial charge in [0.1, 0.15) is 11.9 Å². The van der Waals surface area contributed by atoms with E-state index in [0.29, 0.717) is 31.2 Å². The number of rotatable bonds is 7. The predicted octanol–water partition coefficient (Wildman–Crippen LogP) is 3.42. The number of esters is 1. The molecule has 0 amide bonds. The third kappa shape index (κ3) is 4.45. The highest BCUT2D eigenvalue weighted by molar-refractivity contribution is 5.71. The molecule has 0 fully saturated rings. The molecule has 1 aliphatic rings. The van der Waals surface area contributed by atoms with E-state index >= 15 is 0 Å². The number of carbonyl (C=O) groups is 1. The molecule has 0 aliphatic carbocycles. The summed E-state index contributed by atoms with van der Waals surface area (Å²) in [5.41, 5.74) is 2.09. The summed E-state index contributed by atoms with van der Waals surface area (Å²) in [4.78, 5) is 14.1. The fourth-order valence-corrected chi connectivity index (χ4v) is 3.24. The number of hydrogen-bond donors (Lipinski definition) is 0. The highest BCUT2D eigenvalue weighted by Gasteiger charge is 2.28. The third-order valence-corrected chi connectivity index (χ3v) is 4.44. The molecule has 2 aromatic rings. The van der Waals surface area contributed by atoms with Gasteiger partial charge in [-0.2, -0.15) is 0 Å². The van der Waals surface area contributed by atoms with E-state index in [9.17, 15) is 4.79 Å². The molecule has 1 unspecified atom stereocenters. The van der Waals surface area contributed by atoms with Crippen LogP contribution in [0.1, 0.15) is 18.9 Å². The molecule has 6 heteroatoms. The second-order valence-corrected chi connectivity index (χ2v) is 6.29. The summed E-state index contributed by atoms with van der Waals surface area (Å²) in [5.74, 6) is 1.93. The molecular formula is C21H25NO5. The molecule has 1 aliphatic heterocycles. The van der Waals surface area contributed by atoms with Gasteiger partial charge in [0.05, 0.1) is 39.5 Å². The molecule has 0 saturated carbocycles. The average molecular weight is 371 g/mol. The van der Waals surface area contributed by atoms with Crippen molar-refractivity contribution >= 4 is 11.7 Å². The molecule has 0 spiro atoms. The molecule has 0 radical (unpaired) electrons. The molecule has 2 aromatic carbocycles. The van der Waals surface area contributed by atoms with Crippen molar-refractivity contribution in [3.8, 4) is 17.2 Å². The Bertz CT molecular complexity index is 792. The van der Waals surface area contributed by atoms with Gasteiger partial charge in [-0.05, 0) is 36.8 Å². The van der Waals surface area contributed by atoms with Crippen LogP contribution in [0.15, 0.2) is 42.5 Å². The molecular weight excluding hydrogens is 346 g/mol. The number of benzene rings is 2. The molecule has 144 valence electrons. The van der Waals surface area contributed by atoms with Crippen molar-refractivity contribution in [2.45, 2.75) is 26.0 Å². The minimum absolute atomic E-state index is 0.227. The first-order chi connectivity index (χ1) is 13.1.